The van der Waals surface area contributed by atoms with Crippen molar-refractivity contribution in [1.29, 1.82) is 0 Å². The van der Waals surface area contributed by atoms with E-state index >= 15 is 0 Å². The predicted octanol–water partition coefficient (Wildman–Crippen LogP) is 6.43. The van der Waals surface area contributed by atoms with Crippen molar-refractivity contribution < 1.29 is 9.53 Å². The third kappa shape index (κ3) is 6.71. The molecule has 32 heavy (non-hydrogen) atoms. The molecule has 3 aromatic rings. The van der Waals surface area contributed by atoms with Gasteiger partial charge in [0, 0.05) is 27.4 Å². The molecule has 0 radical (unpaired) electrons. The van der Waals surface area contributed by atoms with E-state index in [1.807, 2.05) is 23.6 Å². The van der Waals surface area contributed by atoms with Crippen molar-refractivity contribution >= 4 is 69.9 Å². The van der Waals surface area contributed by atoms with Crippen LogP contribution in [-0.2, 0) is 22.8 Å². The molecule has 0 aliphatic heterocycles. The molecule has 1 amide bonds. The second-order valence-corrected chi connectivity index (χ2v) is 9.76. The highest BCUT2D eigenvalue weighted by atomic mass is 35.5. The SMILES string of the molecule is CCn1c(CSCc2ccc(Cl)cc2Cl)nnc1SCC(=O)Nc1cc(Cl)ccc1OC. The zero-order valence-electron chi connectivity index (χ0n) is 17.4. The molecule has 1 heterocycles. The Morgan fingerprint density at radius 3 is 2.56 bits per heavy atom. The van der Waals surface area contributed by atoms with Gasteiger partial charge in [-0.15, -0.1) is 22.0 Å². The Morgan fingerprint density at radius 2 is 1.84 bits per heavy atom. The van der Waals surface area contributed by atoms with Gasteiger partial charge in [-0.05, 0) is 42.8 Å². The van der Waals surface area contributed by atoms with Gasteiger partial charge in [-0.25, -0.2) is 0 Å². The molecule has 6 nitrogen and oxygen atoms in total. The smallest absolute Gasteiger partial charge is 0.234 e. The summed E-state index contributed by atoms with van der Waals surface area (Å²) < 4.78 is 7.27. The first-order valence-electron chi connectivity index (χ1n) is 9.61. The molecule has 0 spiro atoms. The van der Waals surface area contributed by atoms with E-state index in [9.17, 15) is 4.79 Å². The van der Waals surface area contributed by atoms with E-state index in [1.54, 1.807) is 36.0 Å². The maximum Gasteiger partial charge on any atom is 0.234 e. The van der Waals surface area contributed by atoms with Crippen LogP contribution in [0.25, 0.3) is 0 Å². The number of methoxy groups -OCH3 is 1. The van der Waals surface area contributed by atoms with Crippen LogP contribution in [0.2, 0.25) is 15.1 Å². The number of carbonyl (C=O) groups excluding carboxylic acids is 1. The van der Waals surface area contributed by atoms with Crippen LogP contribution in [0.15, 0.2) is 41.6 Å². The lowest BCUT2D eigenvalue weighted by Crippen LogP contribution is -2.15. The number of carbonyl (C=O) groups is 1. The first-order valence-corrected chi connectivity index (χ1v) is 12.9. The average Bonchev–Trinajstić information content (AvgIpc) is 3.15. The summed E-state index contributed by atoms with van der Waals surface area (Å²) in [5.74, 6) is 2.80. The van der Waals surface area contributed by atoms with Gasteiger partial charge in [0.15, 0.2) is 5.16 Å². The van der Waals surface area contributed by atoms with Crippen molar-refractivity contribution in [2.24, 2.45) is 0 Å². The minimum absolute atomic E-state index is 0.182. The fourth-order valence-electron chi connectivity index (χ4n) is 2.84. The van der Waals surface area contributed by atoms with Crippen LogP contribution in [0.3, 0.4) is 0 Å². The molecule has 0 fully saturated rings. The summed E-state index contributed by atoms with van der Waals surface area (Å²) in [4.78, 5) is 12.4. The highest BCUT2D eigenvalue weighted by molar-refractivity contribution is 7.99. The summed E-state index contributed by atoms with van der Waals surface area (Å²) in [5.41, 5.74) is 1.55. The summed E-state index contributed by atoms with van der Waals surface area (Å²) in [6.07, 6.45) is 0. The standard InChI is InChI=1S/C21H21Cl3N4O2S2/c1-3-28-19(11-31-10-13-4-5-14(22)8-16(13)24)26-27-21(28)32-12-20(29)25-17-9-15(23)6-7-18(17)30-2/h4-9H,3,10-12H2,1-2H3,(H,25,29). The Morgan fingerprint density at radius 1 is 1.09 bits per heavy atom. The molecule has 0 bridgehead atoms. The van der Waals surface area contributed by atoms with Gasteiger partial charge in [-0.3, -0.25) is 4.79 Å². The maximum atomic E-state index is 12.4. The number of hydrogen-bond acceptors (Lipinski definition) is 6. The lowest BCUT2D eigenvalue weighted by Gasteiger charge is -2.11. The van der Waals surface area contributed by atoms with Gasteiger partial charge < -0.3 is 14.6 Å². The number of amides is 1. The van der Waals surface area contributed by atoms with E-state index in [0.717, 1.165) is 17.1 Å². The van der Waals surface area contributed by atoms with Gasteiger partial charge in [-0.2, -0.15) is 0 Å². The molecule has 0 aliphatic rings. The number of anilines is 1. The molecule has 0 aliphatic carbocycles. The number of benzene rings is 2. The van der Waals surface area contributed by atoms with Crippen LogP contribution < -0.4 is 10.1 Å². The topological polar surface area (TPSA) is 69.0 Å². The van der Waals surface area contributed by atoms with E-state index < -0.39 is 0 Å². The van der Waals surface area contributed by atoms with Crippen LogP contribution in [0.5, 0.6) is 5.75 Å². The molecule has 0 saturated heterocycles. The Hall–Kier alpha value is -1.58. The molecular formula is C21H21Cl3N4O2S2. The van der Waals surface area contributed by atoms with E-state index in [2.05, 4.69) is 15.5 Å². The molecule has 170 valence electrons. The minimum Gasteiger partial charge on any atom is -0.495 e. The van der Waals surface area contributed by atoms with Crippen LogP contribution in [0.1, 0.15) is 18.3 Å². The average molecular weight is 532 g/mol. The number of ether oxygens (including phenoxy) is 1. The molecule has 1 N–H and O–H groups in total. The summed E-state index contributed by atoms with van der Waals surface area (Å²) in [6, 6.07) is 10.6. The Bertz CT molecular complexity index is 1090. The van der Waals surface area contributed by atoms with E-state index in [0.29, 0.717) is 44.0 Å². The number of nitrogens with zero attached hydrogens (tertiary/aromatic N) is 3. The fraction of sp³-hybridized carbons (Fsp3) is 0.286. The Balaban J connectivity index is 1.56. The van der Waals surface area contributed by atoms with Crippen molar-refractivity contribution in [3.63, 3.8) is 0 Å². The molecular weight excluding hydrogens is 511 g/mol. The molecule has 3 rings (SSSR count). The van der Waals surface area contributed by atoms with E-state index in [1.165, 1.54) is 18.9 Å². The maximum absolute atomic E-state index is 12.4. The van der Waals surface area contributed by atoms with Crippen molar-refractivity contribution in [3.05, 3.63) is 62.9 Å². The molecule has 0 unspecified atom stereocenters. The number of nitrogens with one attached hydrogen (secondary N) is 1. The van der Waals surface area contributed by atoms with Crippen LogP contribution >= 0.6 is 58.3 Å². The second-order valence-electron chi connectivity index (χ2n) is 6.55. The molecule has 1 aromatic heterocycles. The van der Waals surface area contributed by atoms with Gasteiger partial charge in [0.2, 0.25) is 5.91 Å². The Kier molecular flexibility index (Phi) is 9.43. The molecule has 0 saturated carbocycles. The molecule has 2 aromatic carbocycles. The van der Waals surface area contributed by atoms with Crippen molar-refractivity contribution in [2.45, 2.75) is 30.1 Å². The molecule has 0 atom stereocenters. The normalized spacial score (nSPS) is 10.9. The second kappa shape index (κ2) is 12.0. The minimum atomic E-state index is -0.186. The van der Waals surface area contributed by atoms with Gasteiger partial charge in [-0.1, -0.05) is 52.6 Å². The van der Waals surface area contributed by atoms with Crippen molar-refractivity contribution in [2.75, 3.05) is 18.2 Å². The Labute approximate surface area is 210 Å². The van der Waals surface area contributed by atoms with Crippen LogP contribution in [0, 0.1) is 0 Å². The van der Waals surface area contributed by atoms with E-state index in [4.69, 9.17) is 39.5 Å². The van der Waals surface area contributed by atoms with Crippen LogP contribution in [0.4, 0.5) is 5.69 Å². The molecule has 11 heteroatoms. The monoisotopic (exact) mass is 530 g/mol. The van der Waals surface area contributed by atoms with Gasteiger partial charge in [0.05, 0.1) is 24.3 Å². The van der Waals surface area contributed by atoms with E-state index in [-0.39, 0.29) is 11.7 Å². The number of aromatic nitrogens is 3. The third-order valence-electron chi connectivity index (χ3n) is 4.38. The van der Waals surface area contributed by atoms with Gasteiger partial charge in [0.1, 0.15) is 11.6 Å². The summed E-state index contributed by atoms with van der Waals surface area (Å²) in [6.45, 7) is 2.73. The first kappa shape index (κ1) is 25.1. The fourth-order valence-corrected chi connectivity index (χ4v) is 5.35. The number of rotatable bonds is 10. The van der Waals surface area contributed by atoms with Gasteiger partial charge in [0.25, 0.3) is 0 Å². The lowest BCUT2D eigenvalue weighted by molar-refractivity contribution is -0.113. The largest absolute Gasteiger partial charge is 0.495 e. The number of thioether (sulfide) groups is 2. The predicted molar refractivity (Wildman–Crippen MR) is 135 cm³/mol. The zero-order chi connectivity index (χ0) is 23.1. The van der Waals surface area contributed by atoms with Gasteiger partial charge >= 0.3 is 0 Å². The highest BCUT2D eigenvalue weighted by Gasteiger charge is 2.15. The third-order valence-corrected chi connectivity index (χ3v) is 7.15. The summed E-state index contributed by atoms with van der Waals surface area (Å²) in [5, 5.41) is 13.9. The first-order chi connectivity index (χ1) is 15.4. The zero-order valence-corrected chi connectivity index (χ0v) is 21.3. The van der Waals surface area contributed by atoms with Crippen LogP contribution in [-0.4, -0.2) is 33.5 Å². The van der Waals surface area contributed by atoms with Crippen molar-refractivity contribution in [1.82, 2.24) is 14.8 Å². The summed E-state index contributed by atoms with van der Waals surface area (Å²) >= 11 is 21.2. The highest BCUT2D eigenvalue weighted by Crippen LogP contribution is 2.29. The quantitative estimate of drug-likeness (QED) is 0.304. The number of hydrogen-bond donors (Lipinski definition) is 1. The number of halogens is 3. The lowest BCUT2D eigenvalue weighted by atomic mass is 10.2. The van der Waals surface area contributed by atoms with Crippen molar-refractivity contribution in [3.8, 4) is 5.75 Å². The summed E-state index contributed by atoms with van der Waals surface area (Å²) in [7, 11) is 1.54.